The molecule has 0 amide bonds. The van der Waals surface area contributed by atoms with E-state index in [2.05, 4.69) is 14.6 Å². The lowest BCUT2D eigenvalue weighted by Crippen LogP contribution is -2.16. The lowest BCUT2D eigenvalue weighted by molar-refractivity contribution is -0.140. The third-order valence-electron chi connectivity index (χ3n) is 7.01. The molecule has 0 spiro atoms. The molecule has 4 rings (SSSR count). The summed E-state index contributed by atoms with van der Waals surface area (Å²) in [6.07, 6.45) is -1.06. The summed E-state index contributed by atoms with van der Waals surface area (Å²) in [4.78, 5) is 11.5. The molecule has 0 saturated carbocycles. The van der Waals surface area contributed by atoms with Crippen LogP contribution in [0.5, 0.6) is 0 Å². The van der Waals surface area contributed by atoms with Gasteiger partial charge >= 0.3 is 5.97 Å². The molecule has 0 fully saturated rings. The average molecular weight is 573 g/mol. The third-order valence-corrected chi connectivity index (χ3v) is 7.01. The summed E-state index contributed by atoms with van der Waals surface area (Å²) in [6, 6.07) is 25.3. The predicted molar refractivity (Wildman–Crippen MR) is 162 cm³/mol. The minimum atomic E-state index is -1.09. The Labute approximate surface area is 245 Å². The summed E-state index contributed by atoms with van der Waals surface area (Å²) in [7, 11) is 1.23. The largest absolute Gasteiger partial charge is 0.512 e. The molecule has 1 heterocycles. The number of benzene rings is 3. The SMILES string of the molecule is COC(=O)C/C(O)=C/[C@H](O)CCn1c(-c2ccc(F)cc2)c(-c2ccccc2)c(C(O)Nc2ccccc2)c1C(C)C. The second-order valence-electron chi connectivity index (χ2n) is 10.4. The number of hydrogen-bond donors (Lipinski definition) is 4. The number of aliphatic hydroxyl groups excluding tert-OH is 3. The van der Waals surface area contributed by atoms with E-state index in [9.17, 15) is 24.5 Å². The van der Waals surface area contributed by atoms with Crippen molar-refractivity contribution in [3.63, 3.8) is 0 Å². The van der Waals surface area contributed by atoms with Gasteiger partial charge in [0.05, 0.1) is 18.9 Å². The summed E-state index contributed by atoms with van der Waals surface area (Å²) < 4.78 is 20.7. The molecular weight excluding hydrogens is 535 g/mol. The van der Waals surface area contributed by atoms with Crippen molar-refractivity contribution < 1.29 is 29.2 Å². The Morgan fingerprint density at radius 3 is 2.17 bits per heavy atom. The van der Waals surface area contributed by atoms with Gasteiger partial charge in [0.15, 0.2) is 6.23 Å². The average Bonchev–Trinajstić information content (AvgIpc) is 3.33. The van der Waals surface area contributed by atoms with E-state index in [4.69, 9.17) is 0 Å². The fraction of sp³-hybridized carbons (Fsp3) is 0.265. The Morgan fingerprint density at radius 1 is 0.952 bits per heavy atom. The number of aromatic nitrogens is 1. The quantitative estimate of drug-likeness (QED) is 0.0833. The third kappa shape index (κ3) is 7.26. The number of rotatable bonds is 12. The van der Waals surface area contributed by atoms with E-state index in [1.807, 2.05) is 74.5 Å². The molecule has 0 bridgehead atoms. The Kier molecular flexibility index (Phi) is 10.2. The molecule has 8 heteroatoms. The molecule has 42 heavy (non-hydrogen) atoms. The number of halogens is 1. The van der Waals surface area contributed by atoms with E-state index < -0.39 is 18.3 Å². The highest BCUT2D eigenvalue weighted by atomic mass is 19.1. The van der Waals surface area contributed by atoms with Gasteiger partial charge in [-0.05, 0) is 65.9 Å². The zero-order valence-corrected chi connectivity index (χ0v) is 24.0. The number of anilines is 1. The summed E-state index contributed by atoms with van der Waals surface area (Å²) >= 11 is 0. The summed E-state index contributed by atoms with van der Waals surface area (Å²) in [5.41, 5.74) is 5.45. The topological polar surface area (TPSA) is 104 Å². The van der Waals surface area contributed by atoms with Gasteiger partial charge in [0, 0.05) is 29.1 Å². The molecule has 0 aliphatic carbocycles. The van der Waals surface area contributed by atoms with Crippen molar-refractivity contribution in [3.05, 3.63) is 114 Å². The van der Waals surface area contributed by atoms with Crippen molar-refractivity contribution in [1.82, 2.24) is 4.57 Å². The van der Waals surface area contributed by atoms with Crippen LogP contribution < -0.4 is 5.32 Å². The number of esters is 1. The molecule has 7 nitrogen and oxygen atoms in total. The smallest absolute Gasteiger partial charge is 0.313 e. The van der Waals surface area contributed by atoms with Crippen LogP contribution in [-0.4, -0.2) is 39.1 Å². The Hall–Kier alpha value is -4.40. The highest BCUT2D eigenvalue weighted by Crippen LogP contribution is 2.45. The highest BCUT2D eigenvalue weighted by molar-refractivity contribution is 5.86. The number of carbonyl (C=O) groups is 1. The van der Waals surface area contributed by atoms with Crippen LogP contribution in [0.3, 0.4) is 0 Å². The normalized spacial score (nSPS) is 13.2. The Morgan fingerprint density at radius 2 is 1.57 bits per heavy atom. The van der Waals surface area contributed by atoms with Crippen LogP contribution in [0, 0.1) is 5.82 Å². The molecule has 1 aromatic heterocycles. The van der Waals surface area contributed by atoms with Crippen LogP contribution in [0.25, 0.3) is 22.4 Å². The minimum Gasteiger partial charge on any atom is -0.512 e. The molecule has 3 aromatic carbocycles. The molecule has 0 radical (unpaired) electrons. The number of methoxy groups -OCH3 is 1. The van der Waals surface area contributed by atoms with Crippen molar-refractivity contribution in [1.29, 1.82) is 0 Å². The van der Waals surface area contributed by atoms with Gasteiger partial charge in [0.25, 0.3) is 0 Å². The van der Waals surface area contributed by atoms with Crippen LogP contribution in [0.1, 0.15) is 50.1 Å². The van der Waals surface area contributed by atoms with Gasteiger partial charge < -0.3 is 29.9 Å². The number of nitrogens with one attached hydrogen (secondary N) is 1. The van der Waals surface area contributed by atoms with Crippen LogP contribution in [-0.2, 0) is 16.1 Å². The number of ether oxygens (including phenoxy) is 1. The van der Waals surface area contributed by atoms with E-state index in [0.29, 0.717) is 12.1 Å². The number of aliphatic hydroxyl groups is 3. The fourth-order valence-electron chi connectivity index (χ4n) is 5.20. The maximum absolute atomic E-state index is 14.0. The van der Waals surface area contributed by atoms with E-state index in [1.165, 1.54) is 25.3 Å². The molecular formula is C34H37FN2O5. The molecule has 1 unspecified atom stereocenters. The lowest BCUT2D eigenvalue weighted by Gasteiger charge is -2.21. The summed E-state index contributed by atoms with van der Waals surface area (Å²) in [5, 5.41) is 35.9. The van der Waals surface area contributed by atoms with Gasteiger partial charge in [-0.2, -0.15) is 0 Å². The number of para-hydroxylation sites is 1. The summed E-state index contributed by atoms with van der Waals surface area (Å²) in [5.74, 6) is -1.31. The molecule has 0 aliphatic heterocycles. The molecule has 4 N–H and O–H groups in total. The van der Waals surface area contributed by atoms with Gasteiger partial charge in [-0.25, -0.2) is 4.39 Å². The first-order chi connectivity index (χ1) is 20.2. The van der Waals surface area contributed by atoms with Crippen LogP contribution in [0.4, 0.5) is 10.1 Å². The van der Waals surface area contributed by atoms with Gasteiger partial charge in [-0.15, -0.1) is 0 Å². The first kappa shape index (κ1) is 30.6. The van der Waals surface area contributed by atoms with Gasteiger partial charge in [0.1, 0.15) is 18.0 Å². The summed E-state index contributed by atoms with van der Waals surface area (Å²) in [6.45, 7) is 4.37. The molecule has 2 atom stereocenters. The van der Waals surface area contributed by atoms with Crippen molar-refractivity contribution in [2.24, 2.45) is 0 Å². The first-order valence-corrected chi connectivity index (χ1v) is 13.9. The maximum atomic E-state index is 14.0. The first-order valence-electron chi connectivity index (χ1n) is 13.9. The van der Waals surface area contributed by atoms with Crippen LogP contribution >= 0.6 is 0 Å². The monoisotopic (exact) mass is 572 g/mol. The number of nitrogens with zero attached hydrogens (tertiary/aromatic N) is 1. The minimum absolute atomic E-state index is 0.0516. The Balaban J connectivity index is 1.89. The van der Waals surface area contributed by atoms with E-state index in [0.717, 1.165) is 33.8 Å². The Bertz CT molecular complexity index is 1500. The second-order valence-corrected chi connectivity index (χ2v) is 10.4. The second kappa shape index (κ2) is 14.0. The van der Waals surface area contributed by atoms with Crippen LogP contribution in [0.2, 0.25) is 0 Å². The van der Waals surface area contributed by atoms with Crippen molar-refractivity contribution >= 4 is 11.7 Å². The number of hydrogen-bond acceptors (Lipinski definition) is 6. The fourth-order valence-corrected chi connectivity index (χ4v) is 5.20. The van der Waals surface area contributed by atoms with E-state index in [1.54, 1.807) is 12.1 Å². The maximum Gasteiger partial charge on any atom is 0.313 e. The van der Waals surface area contributed by atoms with E-state index >= 15 is 0 Å². The van der Waals surface area contributed by atoms with Gasteiger partial charge in [-0.3, -0.25) is 4.79 Å². The van der Waals surface area contributed by atoms with Crippen molar-refractivity contribution in [2.75, 3.05) is 12.4 Å². The zero-order chi connectivity index (χ0) is 30.2. The zero-order valence-electron chi connectivity index (χ0n) is 24.0. The van der Waals surface area contributed by atoms with Crippen molar-refractivity contribution in [3.8, 4) is 22.4 Å². The highest BCUT2D eigenvalue weighted by Gasteiger charge is 2.30. The van der Waals surface area contributed by atoms with Crippen LogP contribution in [0.15, 0.2) is 96.8 Å². The molecule has 220 valence electrons. The van der Waals surface area contributed by atoms with Crippen molar-refractivity contribution in [2.45, 2.75) is 51.5 Å². The standard InChI is InChI=1S/C34H37FN2O5/c1-22(2)32-31(34(41)36-26-12-8-5-9-13-26)30(23-10-6-4-7-11-23)33(24-14-16-25(35)17-15-24)37(32)19-18-27(38)20-28(39)21-29(40)42-3/h4-17,20,22,27,34,36,38-39,41H,18-19,21H2,1-3H3/b28-20-/t27-,34?/m1/s1. The lowest BCUT2D eigenvalue weighted by atomic mass is 9.94. The molecule has 4 aromatic rings. The molecule has 0 aliphatic rings. The number of carbonyl (C=O) groups excluding carboxylic acids is 1. The van der Waals surface area contributed by atoms with Gasteiger partial charge in [0.2, 0.25) is 0 Å². The van der Waals surface area contributed by atoms with E-state index in [-0.39, 0.29) is 30.3 Å². The van der Waals surface area contributed by atoms with Gasteiger partial charge in [-0.1, -0.05) is 62.4 Å². The molecule has 0 saturated heterocycles. The predicted octanol–water partition coefficient (Wildman–Crippen LogP) is 6.94.